The summed E-state index contributed by atoms with van der Waals surface area (Å²) in [5.74, 6) is -0.120. The van der Waals surface area contributed by atoms with Gasteiger partial charge in [0.15, 0.2) is 0 Å². The standard InChI is InChI=1S/C14H14BrNO3/c1-9-12(14(17)18)5-6-16(9)8-10-7-11(15)3-4-13(10)19-2/h3-7H,8H2,1-2H3,(H,17,18). The van der Waals surface area contributed by atoms with Gasteiger partial charge in [-0.3, -0.25) is 0 Å². The molecule has 1 aromatic carbocycles. The average Bonchev–Trinajstić information content (AvgIpc) is 2.71. The smallest absolute Gasteiger partial charge is 0.337 e. The predicted octanol–water partition coefficient (Wildman–Crippen LogP) is 3.31. The van der Waals surface area contributed by atoms with Crippen molar-refractivity contribution in [2.24, 2.45) is 0 Å². The van der Waals surface area contributed by atoms with Gasteiger partial charge in [-0.05, 0) is 31.2 Å². The fraction of sp³-hybridized carbons (Fsp3) is 0.214. The lowest BCUT2D eigenvalue weighted by Gasteiger charge is -2.11. The molecule has 4 nitrogen and oxygen atoms in total. The van der Waals surface area contributed by atoms with Crippen LogP contribution in [0.1, 0.15) is 21.6 Å². The third-order valence-electron chi connectivity index (χ3n) is 3.06. The number of nitrogens with zero attached hydrogens (tertiary/aromatic N) is 1. The number of carboxylic acid groups (broad SMARTS) is 1. The maximum atomic E-state index is 11.0. The molecule has 0 unspecified atom stereocenters. The van der Waals surface area contributed by atoms with Gasteiger partial charge in [-0.15, -0.1) is 0 Å². The zero-order valence-electron chi connectivity index (χ0n) is 10.7. The molecular formula is C14H14BrNO3. The molecule has 0 spiro atoms. The summed E-state index contributed by atoms with van der Waals surface area (Å²) < 4.78 is 8.18. The fourth-order valence-corrected chi connectivity index (χ4v) is 2.41. The van der Waals surface area contributed by atoms with Gasteiger partial charge in [-0.2, -0.15) is 0 Å². The summed E-state index contributed by atoms with van der Waals surface area (Å²) in [6.45, 7) is 2.37. The van der Waals surface area contributed by atoms with E-state index < -0.39 is 5.97 Å². The van der Waals surface area contributed by atoms with Crippen molar-refractivity contribution in [3.63, 3.8) is 0 Å². The van der Waals surface area contributed by atoms with Crippen LogP contribution in [-0.4, -0.2) is 22.8 Å². The molecule has 5 heteroatoms. The third kappa shape index (κ3) is 2.81. The van der Waals surface area contributed by atoms with E-state index in [1.165, 1.54) is 0 Å². The van der Waals surface area contributed by atoms with Crippen LogP contribution in [-0.2, 0) is 6.54 Å². The third-order valence-corrected chi connectivity index (χ3v) is 3.55. The zero-order valence-corrected chi connectivity index (χ0v) is 12.3. The van der Waals surface area contributed by atoms with Crippen molar-refractivity contribution in [2.45, 2.75) is 13.5 Å². The summed E-state index contributed by atoms with van der Waals surface area (Å²) >= 11 is 3.43. The molecule has 0 aliphatic heterocycles. The number of ether oxygens (including phenoxy) is 1. The Bertz CT molecular complexity index is 619. The molecule has 100 valence electrons. The van der Waals surface area contributed by atoms with Gasteiger partial charge in [0.25, 0.3) is 0 Å². The molecule has 0 radical (unpaired) electrons. The van der Waals surface area contributed by atoms with E-state index in [-0.39, 0.29) is 0 Å². The maximum Gasteiger partial charge on any atom is 0.337 e. The molecule has 0 amide bonds. The highest BCUT2D eigenvalue weighted by molar-refractivity contribution is 9.10. The minimum absolute atomic E-state index is 0.328. The maximum absolute atomic E-state index is 11.0. The van der Waals surface area contributed by atoms with E-state index in [1.807, 2.05) is 22.8 Å². The van der Waals surface area contributed by atoms with Gasteiger partial charge in [-0.25, -0.2) is 4.79 Å². The van der Waals surface area contributed by atoms with Gasteiger partial charge < -0.3 is 14.4 Å². The van der Waals surface area contributed by atoms with Gasteiger partial charge in [0.2, 0.25) is 0 Å². The van der Waals surface area contributed by atoms with Crippen LogP contribution in [0, 0.1) is 6.92 Å². The average molecular weight is 324 g/mol. The number of carbonyl (C=O) groups is 1. The van der Waals surface area contributed by atoms with Crippen LogP contribution in [0.25, 0.3) is 0 Å². The van der Waals surface area contributed by atoms with E-state index in [0.717, 1.165) is 21.5 Å². The first-order chi connectivity index (χ1) is 9.02. The minimum Gasteiger partial charge on any atom is -0.496 e. The van der Waals surface area contributed by atoms with Crippen LogP contribution >= 0.6 is 15.9 Å². The van der Waals surface area contributed by atoms with Crippen molar-refractivity contribution in [2.75, 3.05) is 7.11 Å². The van der Waals surface area contributed by atoms with Crippen molar-refractivity contribution in [3.05, 3.63) is 51.8 Å². The molecule has 0 aliphatic carbocycles. The van der Waals surface area contributed by atoms with E-state index in [0.29, 0.717) is 12.1 Å². The van der Waals surface area contributed by atoms with Gasteiger partial charge in [0.05, 0.1) is 19.2 Å². The largest absolute Gasteiger partial charge is 0.496 e. The summed E-state index contributed by atoms with van der Waals surface area (Å²) in [4.78, 5) is 11.0. The molecule has 2 rings (SSSR count). The lowest BCUT2D eigenvalue weighted by molar-refractivity contribution is 0.0696. The Balaban J connectivity index is 2.36. The Morgan fingerprint density at radius 1 is 1.42 bits per heavy atom. The summed E-state index contributed by atoms with van der Waals surface area (Å²) in [7, 11) is 1.62. The lowest BCUT2D eigenvalue weighted by atomic mass is 10.2. The fourth-order valence-electron chi connectivity index (χ4n) is 2.00. The molecule has 1 aromatic heterocycles. The van der Waals surface area contributed by atoms with Crippen LogP contribution in [0.15, 0.2) is 34.9 Å². The number of aromatic carboxylic acids is 1. The number of hydrogen-bond acceptors (Lipinski definition) is 2. The van der Waals surface area contributed by atoms with Crippen molar-refractivity contribution in [1.29, 1.82) is 0 Å². The molecule has 0 fully saturated rings. The van der Waals surface area contributed by atoms with Crippen molar-refractivity contribution < 1.29 is 14.6 Å². The highest BCUT2D eigenvalue weighted by Gasteiger charge is 2.12. The predicted molar refractivity (Wildman–Crippen MR) is 75.9 cm³/mol. The first-order valence-corrected chi connectivity index (χ1v) is 6.53. The lowest BCUT2D eigenvalue weighted by Crippen LogP contribution is -2.05. The SMILES string of the molecule is COc1ccc(Br)cc1Cn1ccc(C(=O)O)c1C. The monoisotopic (exact) mass is 323 g/mol. The van der Waals surface area contributed by atoms with Crippen molar-refractivity contribution >= 4 is 21.9 Å². The Morgan fingerprint density at radius 2 is 2.16 bits per heavy atom. The molecule has 19 heavy (non-hydrogen) atoms. The van der Waals surface area contributed by atoms with Gasteiger partial charge in [0, 0.05) is 21.9 Å². The van der Waals surface area contributed by atoms with Crippen LogP contribution in [0.3, 0.4) is 0 Å². The summed E-state index contributed by atoms with van der Waals surface area (Å²) in [6, 6.07) is 7.38. The highest BCUT2D eigenvalue weighted by atomic mass is 79.9. The quantitative estimate of drug-likeness (QED) is 0.939. The molecule has 0 saturated heterocycles. The normalized spacial score (nSPS) is 10.5. The van der Waals surface area contributed by atoms with Crippen molar-refractivity contribution in [1.82, 2.24) is 4.57 Å². The number of rotatable bonds is 4. The summed E-state index contributed by atoms with van der Waals surface area (Å²) in [5, 5.41) is 9.04. The van der Waals surface area contributed by atoms with Gasteiger partial charge in [0.1, 0.15) is 5.75 Å². The number of halogens is 1. The first-order valence-electron chi connectivity index (χ1n) is 5.74. The van der Waals surface area contributed by atoms with E-state index >= 15 is 0 Å². The Kier molecular flexibility index (Phi) is 3.95. The molecule has 0 atom stereocenters. The second-order valence-corrected chi connectivity index (χ2v) is 5.12. The van der Waals surface area contributed by atoms with Crippen LogP contribution in [0.5, 0.6) is 5.75 Å². The van der Waals surface area contributed by atoms with Crippen LogP contribution in [0.2, 0.25) is 0 Å². The molecule has 1 N–H and O–H groups in total. The second kappa shape index (κ2) is 5.48. The number of benzene rings is 1. The van der Waals surface area contributed by atoms with Crippen molar-refractivity contribution in [3.8, 4) is 5.75 Å². The molecule has 2 aromatic rings. The number of methoxy groups -OCH3 is 1. The molecular weight excluding hydrogens is 310 g/mol. The van der Waals surface area contributed by atoms with E-state index in [2.05, 4.69) is 15.9 Å². The topological polar surface area (TPSA) is 51.5 Å². The van der Waals surface area contributed by atoms with E-state index in [9.17, 15) is 4.79 Å². The van der Waals surface area contributed by atoms with E-state index in [1.54, 1.807) is 26.3 Å². The number of carboxylic acids is 1. The Labute approximate surface area is 119 Å². The van der Waals surface area contributed by atoms with Gasteiger partial charge in [-0.1, -0.05) is 15.9 Å². The van der Waals surface area contributed by atoms with Gasteiger partial charge >= 0.3 is 5.97 Å². The second-order valence-electron chi connectivity index (χ2n) is 4.20. The Morgan fingerprint density at radius 3 is 2.74 bits per heavy atom. The summed E-state index contributed by atoms with van der Waals surface area (Å²) in [6.07, 6.45) is 1.78. The molecule has 0 aliphatic rings. The molecule has 0 saturated carbocycles. The minimum atomic E-state index is -0.905. The zero-order chi connectivity index (χ0) is 14.0. The summed E-state index contributed by atoms with van der Waals surface area (Å²) in [5.41, 5.74) is 2.05. The Hall–Kier alpha value is -1.75. The first kappa shape index (κ1) is 13.7. The molecule has 0 bridgehead atoms. The number of aromatic nitrogens is 1. The molecule has 1 heterocycles. The number of hydrogen-bond donors (Lipinski definition) is 1. The van der Waals surface area contributed by atoms with E-state index in [4.69, 9.17) is 9.84 Å². The highest BCUT2D eigenvalue weighted by Crippen LogP contribution is 2.24. The van der Waals surface area contributed by atoms with Crippen LogP contribution < -0.4 is 4.74 Å². The van der Waals surface area contributed by atoms with Crippen LogP contribution in [0.4, 0.5) is 0 Å².